The van der Waals surface area contributed by atoms with Gasteiger partial charge in [0.25, 0.3) is 0 Å². The van der Waals surface area contributed by atoms with Crippen LogP contribution in [0.3, 0.4) is 0 Å². The maximum Gasteiger partial charge on any atom is 0.149 e. The van der Waals surface area contributed by atoms with Crippen LogP contribution in [0.1, 0.15) is 92.4 Å². The summed E-state index contributed by atoms with van der Waals surface area (Å²) in [4.78, 5) is 0. The third-order valence-corrected chi connectivity index (χ3v) is 7.20. The van der Waals surface area contributed by atoms with Gasteiger partial charge < -0.3 is 4.74 Å². The van der Waals surface area contributed by atoms with Crippen molar-refractivity contribution in [3.05, 3.63) is 28.5 Å². The summed E-state index contributed by atoms with van der Waals surface area (Å²) in [5.74, 6) is 3.27. The summed E-state index contributed by atoms with van der Waals surface area (Å²) < 4.78 is 20.1. The fraction of sp³-hybridized carbons (Fsp3) is 0.739. The van der Waals surface area contributed by atoms with E-state index in [-0.39, 0.29) is 13.7 Å². The van der Waals surface area contributed by atoms with Gasteiger partial charge in [-0.3, -0.25) is 0 Å². The summed E-state index contributed by atoms with van der Waals surface area (Å²) in [7, 11) is 0. The molecule has 0 unspecified atom stereocenters. The van der Waals surface area contributed by atoms with Gasteiger partial charge in [-0.2, -0.15) is 0 Å². The molecule has 2 saturated carbocycles. The standard InChI is InChI=1S/C23H34ClFO.2H2/c1-3-5-16-6-8-17(9-7-16)18-10-12-19(13-11-18)20-14-15-21(26-4-2)22(24)23(20)25;;/h14-19H,3-13H2,1-2H3;2*1H. The molecule has 0 amide bonds. The van der Waals surface area contributed by atoms with Gasteiger partial charge in [-0.15, -0.1) is 0 Å². The lowest BCUT2D eigenvalue weighted by Gasteiger charge is -2.38. The first-order valence-electron chi connectivity index (χ1n) is 10.7. The van der Waals surface area contributed by atoms with Crippen molar-refractivity contribution in [2.24, 2.45) is 17.8 Å². The van der Waals surface area contributed by atoms with Gasteiger partial charge in [0.1, 0.15) is 16.6 Å². The highest BCUT2D eigenvalue weighted by molar-refractivity contribution is 6.32. The first-order valence-corrected chi connectivity index (χ1v) is 11.1. The van der Waals surface area contributed by atoms with Crippen molar-refractivity contribution in [2.75, 3.05) is 6.61 Å². The zero-order chi connectivity index (χ0) is 18.5. The SMILES string of the molecule is CCCC1CCC(C2CCC(c3ccc(OCC)c(Cl)c3F)CC2)CC1.[HH].[HH]. The number of hydrogen-bond donors (Lipinski definition) is 0. The average Bonchev–Trinajstić information content (AvgIpc) is 2.67. The van der Waals surface area contributed by atoms with E-state index in [9.17, 15) is 4.39 Å². The van der Waals surface area contributed by atoms with Crippen LogP contribution < -0.4 is 4.74 Å². The van der Waals surface area contributed by atoms with Crippen LogP contribution in [0.25, 0.3) is 0 Å². The molecule has 0 bridgehead atoms. The summed E-state index contributed by atoms with van der Waals surface area (Å²) in [6, 6.07) is 3.73. The van der Waals surface area contributed by atoms with E-state index in [1.54, 1.807) is 0 Å². The third kappa shape index (κ3) is 4.55. The Morgan fingerprint density at radius 3 is 2.19 bits per heavy atom. The Hall–Kier alpha value is -0.760. The molecule has 1 nitrogen and oxygen atoms in total. The number of hydrogen-bond acceptors (Lipinski definition) is 1. The average molecular weight is 385 g/mol. The van der Waals surface area contributed by atoms with Gasteiger partial charge >= 0.3 is 0 Å². The van der Waals surface area contributed by atoms with Crippen molar-refractivity contribution in [1.29, 1.82) is 0 Å². The van der Waals surface area contributed by atoms with Crippen LogP contribution in [-0.2, 0) is 0 Å². The van der Waals surface area contributed by atoms with Gasteiger partial charge in [-0.05, 0) is 80.8 Å². The van der Waals surface area contributed by atoms with Crippen LogP contribution in [0.5, 0.6) is 5.75 Å². The minimum absolute atomic E-state index is 0. The molecule has 26 heavy (non-hydrogen) atoms. The molecule has 2 aliphatic carbocycles. The van der Waals surface area contributed by atoms with E-state index in [1.165, 1.54) is 51.4 Å². The van der Waals surface area contributed by atoms with Gasteiger partial charge in [0.15, 0.2) is 0 Å². The molecule has 0 atom stereocenters. The molecule has 0 spiro atoms. The second-order valence-corrected chi connectivity index (χ2v) is 8.77. The third-order valence-electron chi connectivity index (χ3n) is 6.84. The predicted molar refractivity (Wildman–Crippen MR) is 112 cm³/mol. The van der Waals surface area contributed by atoms with Crippen molar-refractivity contribution in [1.82, 2.24) is 0 Å². The summed E-state index contributed by atoms with van der Waals surface area (Å²) in [5, 5.41) is 0.153. The van der Waals surface area contributed by atoms with Crippen molar-refractivity contribution in [2.45, 2.75) is 84.0 Å². The summed E-state index contributed by atoms with van der Waals surface area (Å²) in [6.45, 7) is 4.70. The van der Waals surface area contributed by atoms with Crippen molar-refractivity contribution in [3.8, 4) is 5.75 Å². The van der Waals surface area contributed by atoms with E-state index >= 15 is 0 Å². The van der Waals surface area contributed by atoms with E-state index < -0.39 is 0 Å². The van der Waals surface area contributed by atoms with E-state index in [4.69, 9.17) is 16.3 Å². The number of ether oxygens (including phenoxy) is 1. The van der Waals surface area contributed by atoms with Gasteiger partial charge in [0, 0.05) is 2.85 Å². The van der Waals surface area contributed by atoms with Gasteiger partial charge in [0.2, 0.25) is 0 Å². The summed E-state index contributed by atoms with van der Waals surface area (Å²) in [6.07, 6.45) is 13.1. The number of rotatable bonds is 6. The van der Waals surface area contributed by atoms with Crippen molar-refractivity contribution in [3.63, 3.8) is 0 Å². The molecule has 3 rings (SSSR count). The van der Waals surface area contributed by atoms with E-state index in [1.807, 2.05) is 19.1 Å². The first kappa shape index (κ1) is 20.0. The first-order chi connectivity index (χ1) is 12.6. The van der Waals surface area contributed by atoms with Crippen LogP contribution in [-0.4, -0.2) is 6.61 Å². The second-order valence-electron chi connectivity index (χ2n) is 8.40. The Kier molecular flexibility index (Phi) is 7.26. The molecule has 0 saturated heterocycles. The number of halogens is 2. The van der Waals surface area contributed by atoms with Crippen LogP contribution >= 0.6 is 11.6 Å². The lowest BCUT2D eigenvalue weighted by atomic mass is 9.68. The fourth-order valence-electron chi connectivity index (χ4n) is 5.39. The van der Waals surface area contributed by atoms with Gasteiger partial charge in [0.05, 0.1) is 6.61 Å². The minimum atomic E-state index is -0.263. The molecule has 0 radical (unpaired) electrons. The highest BCUT2D eigenvalue weighted by Crippen LogP contribution is 2.45. The lowest BCUT2D eigenvalue weighted by molar-refractivity contribution is 0.156. The molecule has 2 fully saturated rings. The Bertz CT molecular complexity index is 582. The zero-order valence-corrected chi connectivity index (χ0v) is 17.2. The smallest absolute Gasteiger partial charge is 0.149 e. The Labute approximate surface area is 166 Å². The normalized spacial score (nSPS) is 29.5. The molecule has 2 aliphatic rings. The highest BCUT2D eigenvalue weighted by atomic mass is 35.5. The van der Waals surface area contributed by atoms with Gasteiger partial charge in [-0.1, -0.05) is 50.3 Å². The van der Waals surface area contributed by atoms with Crippen LogP contribution in [0, 0.1) is 23.6 Å². The highest BCUT2D eigenvalue weighted by Gasteiger charge is 2.32. The maximum atomic E-state index is 14.7. The van der Waals surface area contributed by atoms with Crippen LogP contribution in [0.15, 0.2) is 12.1 Å². The molecule has 3 heteroatoms. The molecule has 150 valence electrons. The predicted octanol–water partition coefficient (Wildman–Crippen LogP) is 8.25. The molecule has 0 heterocycles. The molecular weight excluding hydrogens is 347 g/mol. The Morgan fingerprint density at radius 2 is 1.62 bits per heavy atom. The molecule has 1 aromatic carbocycles. The Morgan fingerprint density at radius 1 is 1.00 bits per heavy atom. The quantitative estimate of drug-likeness (QED) is 0.479. The Balaban J connectivity index is 0.00000196. The number of benzene rings is 1. The maximum absolute atomic E-state index is 14.7. The monoisotopic (exact) mass is 384 g/mol. The minimum Gasteiger partial charge on any atom is -0.492 e. The van der Waals surface area contributed by atoms with E-state index in [0.717, 1.165) is 36.2 Å². The molecule has 0 N–H and O–H groups in total. The topological polar surface area (TPSA) is 9.23 Å². The van der Waals surface area contributed by atoms with Crippen molar-refractivity contribution >= 4 is 11.6 Å². The lowest BCUT2D eigenvalue weighted by Crippen LogP contribution is -2.25. The molecule has 1 aromatic rings. The zero-order valence-electron chi connectivity index (χ0n) is 16.4. The largest absolute Gasteiger partial charge is 0.492 e. The fourth-order valence-corrected chi connectivity index (χ4v) is 5.61. The van der Waals surface area contributed by atoms with E-state index in [2.05, 4.69) is 6.92 Å². The van der Waals surface area contributed by atoms with E-state index in [0.29, 0.717) is 18.3 Å². The summed E-state index contributed by atoms with van der Waals surface area (Å²) in [5.41, 5.74) is 0.795. The molecule has 0 aliphatic heterocycles. The van der Waals surface area contributed by atoms with Gasteiger partial charge in [-0.25, -0.2) is 4.39 Å². The van der Waals surface area contributed by atoms with Crippen LogP contribution in [0.2, 0.25) is 5.02 Å². The second kappa shape index (κ2) is 9.44. The summed E-state index contributed by atoms with van der Waals surface area (Å²) >= 11 is 6.19. The van der Waals surface area contributed by atoms with Crippen LogP contribution in [0.4, 0.5) is 4.39 Å². The molecule has 0 aromatic heterocycles. The molecular formula is C23H38ClFO. The van der Waals surface area contributed by atoms with Crippen molar-refractivity contribution < 1.29 is 12.0 Å².